The minimum Gasteiger partial charge on any atom is -0.372 e. The molecule has 2 atom stereocenters. The number of amides is 2. The first-order chi connectivity index (χ1) is 13.6. The van der Waals surface area contributed by atoms with Crippen molar-refractivity contribution >= 4 is 23.6 Å². The van der Waals surface area contributed by atoms with Gasteiger partial charge in [0.05, 0.1) is 6.04 Å². The lowest BCUT2D eigenvalue weighted by Crippen LogP contribution is -2.55. The summed E-state index contributed by atoms with van der Waals surface area (Å²) in [6.07, 6.45) is 0.976. The lowest BCUT2D eigenvalue weighted by molar-refractivity contribution is -0.129. The van der Waals surface area contributed by atoms with Gasteiger partial charge in [-0.05, 0) is 42.8 Å². The van der Waals surface area contributed by atoms with Crippen molar-refractivity contribution in [3.05, 3.63) is 29.3 Å². The maximum absolute atomic E-state index is 12.9. The van der Waals surface area contributed by atoms with Gasteiger partial charge in [-0.1, -0.05) is 6.07 Å². The number of benzene rings is 1. The number of nitrogens with zero attached hydrogens (tertiary/aromatic N) is 2. The third kappa shape index (κ3) is 4.20. The molecule has 2 unspecified atom stereocenters. The Bertz CT molecular complexity index is 738. The molecule has 0 bridgehead atoms. The second-order valence-electron chi connectivity index (χ2n) is 7.63. The SMILES string of the molecule is O=C1CCC(N2Cc3c(SCCCN4CCNCC4)cccc3C2=O)C(O)N1. The van der Waals surface area contributed by atoms with Crippen LogP contribution in [0.25, 0.3) is 0 Å². The summed E-state index contributed by atoms with van der Waals surface area (Å²) in [6.45, 7) is 6.01. The second kappa shape index (κ2) is 8.82. The fourth-order valence-electron chi connectivity index (χ4n) is 4.23. The number of aliphatic hydroxyl groups excluding tert-OH is 1. The molecule has 1 aromatic rings. The minimum atomic E-state index is -0.991. The molecule has 3 aliphatic heterocycles. The largest absolute Gasteiger partial charge is 0.372 e. The Morgan fingerprint density at radius 3 is 2.82 bits per heavy atom. The normalized spacial score (nSPS) is 25.7. The van der Waals surface area contributed by atoms with Gasteiger partial charge < -0.3 is 25.5 Å². The molecule has 2 amide bonds. The van der Waals surface area contributed by atoms with Crippen molar-refractivity contribution in [2.75, 3.05) is 38.5 Å². The van der Waals surface area contributed by atoms with Gasteiger partial charge in [-0.15, -0.1) is 11.8 Å². The van der Waals surface area contributed by atoms with Crippen molar-refractivity contribution in [3.8, 4) is 0 Å². The molecule has 3 heterocycles. The number of carbonyl (C=O) groups is 2. The van der Waals surface area contributed by atoms with E-state index >= 15 is 0 Å². The number of hydrogen-bond donors (Lipinski definition) is 3. The highest BCUT2D eigenvalue weighted by atomic mass is 32.2. The maximum atomic E-state index is 12.9. The maximum Gasteiger partial charge on any atom is 0.254 e. The van der Waals surface area contributed by atoms with E-state index in [0.29, 0.717) is 19.4 Å². The summed E-state index contributed by atoms with van der Waals surface area (Å²) < 4.78 is 0. The average Bonchev–Trinajstić information content (AvgIpc) is 3.03. The Labute approximate surface area is 169 Å². The van der Waals surface area contributed by atoms with Crippen LogP contribution in [-0.4, -0.2) is 77.5 Å². The van der Waals surface area contributed by atoms with E-state index in [0.717, 1.165) is 60.9 Å². The highest BCUT2D eigenvalue weighted by Crippen LogP contribution is 2.35. The molecule has 0 aromatic heterocycles. The van der Waals surface area contributed by atoms with Gasteiger partial charge in [0.25, 0.3) is 5.91 Å². The molecule has 4 rings (SSSR count). The lowest BCUT2D eigenvalue weighted by Gasteiger charge is -2.35. The van der Waals surface area contributed by atoms with Crippen LogP contribution in [0.5, 0.6) is 0 Å². The third-order valence-corrected chi connectivity index (χ3v) is 6.97. The molecule has 3 N–H and O–H groups in total. The summed E-state index contributed by atoms with van der Waals surface area (Å²) in [4.78, 5) is 29.7. The van der Waals surface area contributed by atoms with Crippen LogP contribution in [0, 0.1) is 0 Å². The molecular weight excluding hydrogens is 376 g/mol. The topological polar surface area (TPSA) is 84.9 Å². The predicted octanol–water partition coefficient (Wildman–Crippen LogP) is 0.627. The van der Waals surface area contributed by atoms with E-state index < -0.39 is 6.23 Å². The van der Waals surface area contributed by atoms with E-state index in [-0.39, 0.29) is 17.9 Å². The van der Waals surface area contributed by atoms with Crippen LogP contribution in [0.4, 0.5) is 0 Å². The number of carbonyl (C=O) groups excluding carboxylic acids is 2. The second-order valence-corrected chi connectivity index (χ2v) is 8.76. The van der Waals surface area contributed by atoms with E-state index in [9.17, 15) is 14.7 Å². The van der Waals surface area contributed by atoms with Crippen molar-refractivity contribution in [2.45, 2.75) is 43.0 Å². The van der Waals surface area contributed by atoms with E-state index in [4.69, 9.17) is 0 Å². The Morgan fingerprint density at radius 2 is 2.04 bits per heavy atom. The van der Waals surface area contributed by atoms with Gasteiger partial charge in [0, 0.05) is 49.6 Å². The first-order valence-electron chi connectivity index (χ1n) is 10.1. The monoisotopic (exact) mass is 404 g/mol. The fourth-order valence-corrected chi connectivity index (χ4v) is 5.25. The van der Waals surface area contributed by atoms with Crippen LogP contribution in [-0.2, 0) is 11.3 Å². The predicted molar refractivity (Wildman–Crippen MR) is 108 cm³/mol. The average molecular weight is 405 g/mol. The molecular formula is C20H28N4O3S. The number of piperazine rings is 1. The minimum absolute atomic E-state index is 0.0431. The molecule has 28 heavy (non-hydrogen) atoms. The zero-order chi connectivity index (χ0) is 19.5. The zero-order valence-corrected chi connectivity index (χ0v) is 16.8. The van der Waals surface area contributed by atoms with Gasteiger partial charge in [0.1, 0.15) is 6.23 Å². The number of fused-ring (bicyclic) bond motifs is 1. The summed E-state index contributed by atoms with van der Waals surface area (Å²) >= 11 is 1.81. The van der Waals surface area contributed by atoms with Gasteiger partial charge in [0.2, 0.25) is 5.91 Å². The number of rotatable bonds is 6. The molecule has 8 heteroatoms. The van der Waals surface area contributed by atoms with Crippen LogP contribution < -0.4 is 10.6 Å². The summed E-state index contributed by atoms with van der Waals surface area (Å²) in [5.41, 5.74) is 1.79. The molecule has 0 aliphatic carbocycles. The summed E-state index contributed by atoms with van der Waals surface area (Å²) in [7, 11) is 0. The lowest BCUT2D eigenvalue weighted by atomic mass is 10.0. The van der Waals surface area contributed by atoms with E-state index in [1.807, 2.05) is 23.9 Å². The number of piperidine rings is 1. The summed E-state index contributed by atoms with van der Waals surface area (Å²) in [6, 6.07) is 5.54. The molecule has 0 radical (unpaired) electrons. The Morgan fingerprint density at radius 1 is 1.21 bits per heavy atom. The van der Waals surface area contributed by atoms with Crippen LogP contribution >= 0.6 is 11.8 Å². The van der Waals surface area contributed by atoms with E-state index in [1.165, 1.54) is 0 Å². The van der Waals surface area contributed by atoms with Crippen LogP contribution in [0.3, 0.4) is 0 Å². The molecule has 2 saturated heterocycles. The van der Waals surface area contributed by atoms with E-state index in [2.05, 4.69) is 21.6 Å². The Kier molecular flexibility index (Phi) is 6.20. The van der Waals surface area contributed by atoms with Gasteiger partial charge in [-0.3, -0.25) is 9.59 Å². The molecule has 0 spiro atoms. The first kappa shape index (κ1) is 19.7. The summed E-state index contributed by atoms with van der Waals surface area (Å²) in [5, 5.41) is 16.1. The summed E-state index contributed by atoms with van der Waals surface area (Å²) in [5.74, 6) is 0.823. The van der Waals surface area contributed by atoms with Crippen LogP contribution in [0.1, 0.15) is 35.2 Å². The van der Waals surface area contributed by atoms with Crippen LogP contribution in [0.15, 0.2) is 23.1 Å². The molecule has 1 aromatic carbocycles. The number of aliphatic hydroxyl groups is 1. The van der Waals surface area contributed by atoms with Crippen LogP contribution in [0.2, 0.25) is 0 Å². The number of thioether (sulfide) groups is 1. The molecule has 2 fully saturated rings. The van der Waals surface area contributed by atoms with Crippen molar-refractivity contribution in [2.24, 2.45) is 0 Å². The highest BCUT2D eigenvalue weighted by molar-refractivity contribution is 7.99. The van der Waals surface area contributed by atoms with E-state index in [1.54, 1.807) is 4.90 Å². The van der Waals surface area contributed by atoms with Gasteiger partial charge >= 0.3 is 0 Å². The molecule has 152 valence electrons. The Balaban J connectivity index is 1.36. The smallest absolute Gasteiger partial charge is 0.254 e. The van der Waals surface area contributed by atoms with Crippen molar-refractivity contribution in [1.82, 2.24) is 20.4 Å². The standard InChI is InChI=1S/C20H28N4O3S/c25-18-6-5-16(19(26)22-18)24-13-15-14(20(24)27)3-1-4-17(15)28-12-2-9-23-10-7-21-8-11-23/h1,3-4,16,19,21,26H,2,5-13H2,(H,22,25). The van der Waals surface area contributed by atoms with Gasteiger partial charge in [0.15, 0.2) is 0 Å². The van der Waals surface area contributed by atoms with Crippen molar-refractivity contribution < 1.29 is 14.7 Å². The molecule has 7 nitrogen and oxygen atoms in total. The first-order valence-corrected chi connectivity index (χ1v) is 11.1. The molecule has 0 saturated carbocycles. The zero-order valence-electron chi connectivity index (χ0n) is 16.0. The fraction of sp³-hybridized carbons (Fsp3) is 0.600. The number of hydrogen-bond acceptors (Lipinski definition) is 6. The van der Waals surface area contributed by atoms with Gasteiger partial charge in [-0.2, -0.15) is 0 Å². The third-order valence-electron chi connectivity index (χ3n) is 5.78. The highest BCUT2D eigenvalue weighted by Gasteiger charge is 2.39. The van der Waals surface area contributed by atoms with Crippen molar-refractivity contribution in [3.63, 3.8) is 0 Å². The Hall–Kier alpha value is -1.61. The van der Waals surface area contributed by atoms with Crippen molar-refractivity contribution in [1.29, 1.82) is 0 Å². The number of nitrogens with one attached hydrogen (secondary N) is 2. The molecule has 3 aliphatic rings. The quantitative estimate of drug-likeness (QED) is 0.476. The van der Waals surface area contributed by atoms with Gasteiger partial charge in [-0.25, -0.2) is 0 Å².